The van der Waals surface area contributed by atoms with Gasteiger partial charge in [-0.25, -0.2) is 4.98 Å². The highest BCUT2D eigenvalue weighted by molar-refractivity contribution is 5.80. The number of likely N-dealkylation sites (tertiary alicyclic amines) is 1. The number of piperidine rings is 1. The van der Waals surface area contributed by atoms with Gasteiger partial charge in [0.15, 0.2) is 5.96 Å². The van der Waals surface area contributed by atoms with Crippen LogP contribution in [0, 0.1) is 5.92 Å². The Hall–Kier alpha value is -2.76. The van der Waals surface area contributed by atoms with Gasteiger partial charge in [0.1, 0.15) is 12.4 Å². The molecule has 0 spiro atoms. The van der Waals surface area contributed by atoms with Gasteiger partial charge in [-0.1, -0.05) is 37.8 Å². The zero-order valence-electron chi connectivity index (χ0n) is 16.2. The number of aromatic nitrogens is 2. The van der Waals surface area contributed by atoms with E-state index in [4.69, 9.17) is 4.74 Å². The average molecular weight is 367 g/mol. The molecule has 6 nitrogen and oxygen atoms in total. The van der Waals surface area contributed by atoms with E-state index in [1.165, 1.54) is 0 Å². The quantitative estimate of drug-likeness (QED) is 0.484. The van der Waals surface area contributed by atoms with E-state index in [-0.39, 0.29) is 0 Å². The Bertz CT molecular complexity index is 756. The Labute approximate surface area is 161 Å². The third-order valence-corrected chi connectivity index (χ3v) is 5.10. The molecule has 0 saturated carbocycles. The average Bonchev–Trinajstić information content (AvgIpc) is 3.23. The number of imidazole rings is 1. The number of nitrogens with one attached hydrogen (secondary N) is 1. The van der Waals surface area contributed by atoms with Crippen LogP contribution in [0.3, 0.4) is 0 Å². The number of guanidine groups is 1. The second kappa shape index (κ2) is 9.26. The summed E-state index contributed by atoms with van der Waals surface area (Å²) in [5, 5.41) is 3.50. The van der Waals surface area contributed by atoms with E-state index in [9.17, 15) is 0 Å². The summed E-state index contributed by atoms with van der Waals surface area (Å²) in [6, 6.07) is 8.48. The molecule has 6 heteroatoms. The maximum atomic E-state index is 5.76. The first-order valence-electron chi connectivity index (χ1n) is 9.47. The van der Waals surface area contributed by atoms with Crippen LogP contribution in [0.4, 0.5) is 0 Å². The summed E-state index contributed by atoms with van der Waals surface area (Å²) in [4.78, 5) is 11.0. The summed E-state index contributed by atoms with van der Waals surface area (Å²) in [5.74, 6) is 2.41. The van der Waals surface area contributed by atoms with Crippen molar-refractivity contribution in [3.63, 3.8) is 0 Å². The van der Waals surface area contributed by atoms with E-state index in [1.807, 2.05) is 44.0 Å². The van der Waals surface area contributed by atoms with Crippen LogP contribution in [0.25, 0.3) is 0 Å². The lowest BCUT2D eigenvalue weighted by molar-refractivity contribution is 0.189. The van der Waals surface area contributed by atoms with Gasteiger partial charge in [0.25, 0.3) is 0 Å². The van der Waals surface area contributed by atoms with Crippen molar-refractivity contribution >= 4 is 5.96 Å². The lowest BCUT2D eigenvalue weighted by Crippen LogP contribution is -2.48. The normalized spacial score (nSPS) is 20.4. The standard InChI is InChI=1S/C21H29N5O/c1-4-13-27-20-8-6-5-7-18(20)14-24-21(22-3)25-11-9-17(2)19(15-25)26-12-10-23-16-26/h4-8,10,12,16-17,19H,1,9,11,13-15H2,2-3H3,(H,22,24). The molecule has 2 heterocycles. The lowest BCUT2D eigenvalue weighted by Gasteiger charge is -2.39. The lowest BCUT2D eigenvalue weighted by atomic mass is 9.93. The van der Waals surface area contributed by atoms with Crippen molar-refractivity contribution in [3.05, 3.63) is 61.2 Å². The molecule has 1 aliphatic rings. The molecule has 144 valence electrons. The van der Waals surface area contributed by atoms with Crippen molar-refractivity contribution in [2.75, 3.05) is 26.7 Å². The molecule has 1 saturated heterocycles. The fraction of sp³-hybridized carbons (Fsp3) is 0.429. The Morgan fingerprint density at radius 2 is 2.30 bits per heavy atom. The third kappa shape index (κ3) is 4.70. The van der Waals surface area contributed by atoms with Crippen LogP contribution in [0.15, 0.2) is 60.6 Å². The minimum atomic E-state index is 0.406. The maximum Gasteiger partial charge on any atom is 0.193 e. The van der Waals surface area contributed by atoms with Crippen LogP contribution in [0.2, 0.25) is 0 Å². The zero-order valence-corrected chi connectivity index (χ0v) is 16.2. The van der Waals surface area contributed by atoms with E-state index in [0.29, 0.717) is 25.1 Å². The first-order valence-corrected chi connectivity index (χ1v) is 9.47. The molecule has 2 aromatic rings. The number of aliphatic imine (C=N–C) groups is 1. The fourth-order valence-electron chi connectivity index (χ4n) is 3.54. The molecule has 1 fully saturated rings. The SMILES string of the molecule is C=CCOc1ccccc1CNC(=NC)N1CCC(C)C(n2ccnc2)C1. The van der Waals surface area contributed by atoms with E-state index in [2.05, 4.69) is 44.3 Å². The first kappa shape index (κ1) is 19.0. The van der Waals surface area contributed by atoms with Crippen molar-refractivity contribution in [1.82, 2.24) is 19.8 Å². The number of hydrogen-bond acceptors (Lipinski definition) is 3. The van der Waals surface area contributed by atoms with Crippen molar-refractivity contribution < 1.29 is 4.74 Å². The van der Waals surface area contributed by atoms with Gasteiger partial charge < -0.3 is 19.5 Å². The highest BCUT2D eigenvalue weighted by atomic mass is 16.5. The predicted molar refractivity (Wildman–Crippen MR) is 109 cm³/mol. The van der Waals surface area contributed by atoms with Crippen LogP contribution in [0.1, 0.15) is 24.9 Å². The van der Waals surface area contributed by atoms with Gasteiger partial charge in [-0.3, -0.25) is 4.99 Å². The minimum Gasteiger partial charge on any atom is -0.489 e. The van der Waals surface area contributed by atoms with Crippen molar-refractivity contribution in [1.29, 1.82) is 0 Å². The van der Waals surface area contributed by atoms with Crippen LogP contribution >= 0.6 is 0 Å². The molecule has 27 heavy (non-hydrogen) atoms. The molecule has 0 radical (unpaired) electrons. The molecule has 1 aliphatic heterocycles. The molecule has 2 atom stereocenters. The first-order chi connectivity index (χ1) is 13.2. The number of benzene rings is 1. The number of para-hydroxylation sites is 1. The molecule has 3 rings (SSSR count). The topological polar surface area (TPSA) is 54.7 Å². The third-order valence-electron chi connectivity index (χ3n) is 5.10. The summed E-state index contributed by atoms with van der Waals surface area (Å²) in [7, 11) is 1.84. The summed E-state index contributed by atoms with van der Waals surface area (Å²) >= 11 is 0. The molecule has 2 unspecified atom stereocenters. The van der Waals surface area contributed by atoms with Gasteiger partial charge in [-0.15, -0.1) is 0 Å². The molecule has 0 bridgehead atoms. The Morgan fingerprint density at radius 1 is 1.44 bits per heavy atom. The maximum absolute atomic E-state index is 5.76. The predicted octanol–water partition coefficient (Wildman–Crippen LogP) is 3.11. The largest absolute Gasteiger partial charge is 0.489 e. The summed E-state index contributed by atoms with van der Waals surface area (Å²) < 4.78 is 7.97. The Balaban J connectivity index is 1.65. The second-order valence-electron chi connectivity index (χ2n) is 6.90. The number of nitrogens with zero attached hydrogens (tertiary/aromatic N) is 4. The van der Waals surface area contributed by atoms with Crippen molar-refractivity contribution in [2.24, 2.45) is 10.9 Å². The second-order valence-corrected chi connectivity index (χ2v) is 6.90. The van der Waals surface area contributed by atoms with Gasteiger partial charge in [-0.05, 0) is 18.4 Å². The Kier molecular flexibility index (Phi) is 6.52. The monoisotopic (exact) mass is 367 g/mol. The molecular formula is C21H29N5O. The minimum absolute atomic E-state index is 0.406. The number of ether oxygens (including phenoxy) is 1. The highest BCUT2D eigenvalue weighted by Crippen LogP contribution is 2.27. The van der Waals surface area contributed by atoms with Crippen LogP contribution < -0.4 is 10.1 Å². The smallest absolute Gasteiger partial charge is 0.193 e. The molecule has 0 amide bonds. The summed E-state index contributed by atoms with van der Waals surface area (Å²) in [5.41, 5.74) is 1.11. The van der Waals surface area contributed by atoms with Gasteiger partial charge in [0.05, 0.1) is 12.4 Å². The van der Waals surface area contributed by atoms with E-state index in [1.54, 1.807) is 6.08 Å². The number of rotatable bonds is 6. The van der Waals surface area contributed by atoms with Gasteiger partial charge >= 0.3 is 0 Å². The summed E-state index contributed by atoms with van der Waals surface area (Å²) in [6.45, 7) is 9.12. The Morgan fingerprint density at radius 3 is 3.04 bits per heavy atom. The molecule has 1 aromatic carbocycles. The van der Waals surface area contributed by atoms with Crippen molar-refractivity contribution in [2.45, 2.75) is 25.9 Å². The molecule has 0 aliphatic carbocycles. The molecule has 1 aromatic heterocycles. The molecular weight excluding hydrogens is 338 g/mol. The van der Waals surface area contributed by atoms with Crippen LogP contribution in [-0.2, 0) is 6.54 Å². The van der Waals surface area contributed by atoms with Gasteiger partial charge in [0, 0.05) is 44.6 Å². The van der Waals surface area contributed by atoms with E-state index in [0.717, 1.165) is 36.8 Å². The van der Waals surface area contributed by atoms with E-state index >= 15 is 0 Å². The number of hydrogen-bond donors (Lipinski definition) is 1. The highest BCUT2D eigenvalue weighted by Gasteiger charge is 2.28. The van der Waals surface area contributed by atoms with Gasteiger partial charge in [-0.2, -0.15) is 0 Å². The zero-order chi connectivity index (χ0) is 19.1. The van der Waals surface area contributed by atoms with Crippen molar-refractivity contribution in [3.8, 4) is 5.75 Å². The fourth-order valence-corrected chi connectivity index (χ4v) is 3.54. The van der Waals surface area contributed by atoms with Crippen LogP contribution in [-0.4, -0.2) is 47.2 Å². The van der Waals surface area contributed by atoms with Gasteiger partial charge in [0.2, 0.25) is 0 Å². The van der Waals surface area contributed by atoms with Crippen LogP contribution in [0.5, 0.6) is 5.75 Å². The van der Waals surface area contributed by atoms with E-state index < -0.39 is 0 Å². The molecule has 1 N–H and O–H groups in total. The summed E-state index contributed by atoms with van der Waals surface area (Å²) in [6.07, 6.45) is 8.69.